The van der Waals surface area contributed by atoms with Crippen molar-refractivity contribution in [1.29, 1.82) is 0 Å². The van der Waals surface area contributed by atoms with E-state index in [0.717, 1.165) is 5.39 Å². The van der Waals surface area contributed by atoms with Gasteiger partial charge in [0.15, 0.2) is 17.7 Å². The van der Waals surface area contributed by atoms with Gasteiger partial charge in [-0.1, -0.05) is 36.4 Å². The fourth-order valence-corrected chi connectivity index (χ4v) is 6.29. The third kappa shape index (κ3) is 6.35. The third-order valence-corrected chi connectivity index (χ3v) is 8.51. The van der Waals surface area contributed by atoms with E-state index in [1.807, 2.05) is 18.2 Å². The average Bonchev–Trinajstić information content (AvgIpc) is 3.45. The van der Waals surface area contributed by atoms with Gasteiger partial charge in [-0.2, -0.15) is 5.09 Å². The van der Waals surface area contributed by atoms with E-state index < -0.39 is 56.0 Å². The van der Waals surface area contributed by atoms with Crippen LogP contribution in [0.25, 0.3) is 21.9 Å². The van der Waals surface area contributed by atoms with Gasteiger partial charge in [0, 0.05) is 5.39 Å². The number of esters is 1. The van der Waals surface area contributed by atoms with Crippen molar-refractivity contribution in [3.8, 4) is 5.75 Å². The number of aliphatic hydroxyl groups is 2. The summed E-state index contributed by atoms with van der Waals surface area (Å²) in [5.74, 6) is -0.296. The molecule has 1 saturated heterocycles. The quantitative estimate of drug-likeness (QED) is 0.159. The van der Waals surface area contributed by atoms with Crippen molar-refractivity contribution in [2.24, 2.45) is 0 Å². The number of anilines is 1. The predicted octanol–water partition coefficient (Wildman–Crippen LogP) is 3.09. The number of aliphatic hydroxyl groups excluding tert-OH is 1. The summed E-state index contributed by atoms with van der Waals surface area (Å²) in [7, 11) is -4.35. The summed E-state index contributed by atoms with van der Waals surface area (Å²) in [6.07, 6.45) is -1.23. The van der Waals surface area contributed by atoms with Gasteiger partial charge >= 0.3 is 13.7 Å². The number of nitrogens with one attached hydrogen (secondary N) is 1. The average molecular weight is 615 g/mol. The first-order valence-electron chi connectivity index (χ1n) is 13.6. The molecular formula is C28H35N6O8P. The largest absolute Gasteiger partial charge is 0.459 e. The number of nitrogens with two attached hydrogens (primary N) is 1. The number of benzene rings is 2. The molecule has 15 heteroatoms. The van der Waals surface area contributed by atoms with Crippen LogP contribution >= 0.6 is 7.75 Å². The van der Waals surface area contributed by atoms with Crippen molar-refractivity contribution in [1.82, 2.24) is 24.6 Å². The molecule has 0 radical (unpaired) electrons. The number of imidazole rings is 1. The Bertz CT molecular complexity index is 1680. The van der Waals surface area contributed by atoms with Gasteiger partial charge in [0.05, 0.1) is 12.9 Å². The smallest absolute Gasteiger partial charge is 0.459 e. The van der Waals surface area contributed by atoms with E-state index in [9.17, 15) is 19.6 Å². The number of nitrogen functional groups attached to an aromatic ring is 1. The first-order chi connectivity index (χ1) is 20.2. The fourth-order valence-electron chi connectivity index (χ4n) is 4.77. The van der Waals surface area contributed by atoms with Crippen LogP contribution in [-0.2, 0) is 23.4 Å². The van der Waals surface area contributed by atoms with Gasteiger partial charge in [-0.15, -0.1) is 0 Å². The predicted molar refractivity (Wildman–Crippen MR) is 157 cm³/mol. The lowest BCUT2D eigenvalue weighted by molar-refractivity contribution is -0.156. The molecule has 230 valence electrons. The Balaban J connectivity index is 1.41. The van der Waals surface area contributed by atoms with Crippen LogP contribution in [0.4, 0.5) is 5.82 Å². The molecule has 0 aliphatic carbocycles. The molecule has 0 saturated carbocycles. The van der Waals surface area contributed by atoms with E-state index in [1.165, 1.54) is 31.1 Å². The standard InChI is InChI=1S/C28H35N6O8P/c1-16(25(36)41-27(2,3)4)33-43(38,42-19-12-8-10-17-9-6-7-11-18(17)19)39-13-20-22(35)28(5,37)26(40-20)34-15-32-21-23(29)30-14-31-24(21)34/h6-12,14-16,20,22,26,35,37H,13H2,1-5H3,(H,33,38)(H2,29,30,31)/t16-,20+,22?,26+,28?,43?/m0/s1. The molecule has 5 rings (SSSR count). The summed E-state index contributed by atoms with van der Waals surface area (Å²) in [4.78, 5) is 25.1. The molecule has 6 atom stereocenters. The highest BCUT2D eigenvalue weighted by molar-refractivity contribution is 7.52. The molecule has 14 nitrogen and oxygen atoms in total. The van der Waals surface area contributed by atoms with Crippen molar-refractivity contribution >= 4 is 41.5 Å². The van der Waals surface area contributed by atoms with E-state index >= 15 is 0 Å². The van der Waals surface area contributed by atoms with Crippen molar-refractivity contribution in [3.63, 3.8) is 0 Å². The number of hydrogen-bond acceptors (Lipinski definition) is 12. The number of aromatic nitrogens is 4. The van der Waals surface area contributed by atoms with Crippen LogP contribution in [0, 0.1) is 0 Å². The molecule has 5 N–H and O–H groups in total. The Labute approximate surface area is 247 Å². The van der Waals surface area contributed by atoms with E-state index in [1.54, 1.807) is 45.0 Å². The number of nitrogens with zero attached hydrogens (tertiary/aromatic N) is 4. The minimum absolute atomic E-state index is 0.138. The second kappa shape index (κ2) is 11.5. The van der Waals surface area contributed by atoms with E-state index in [0.29, 0.717) is 10.9 Å². The zero-order valence-corrected chi connectivity index (χ0v) is 25.3. The first kappa shape index (κ1) is 30.8. The van der Waals surface area contributed by atoms with Gasteiger partial charge in [-0.3, -0.25) is 13.9 Å². The molecule has 1 aliphatic rings. The van der Waals surface area contributed by atoms with Gasteiger partial charge < -0.3 is 29.9 Å². The molecule has 43 heavy (non-hydrogen) atoms. The number of rotatable bonds is 9. The lowest BCUT2D eigenvalue weighted by Gasteiger charge is -2.28. The lowest BCUT2D eigenvalue weighted by Crippen LogP contribution is -2.44. The molecule has 3 heterocycles. The highest BCUT2D eigenvalue weighted by atomic mass is 31.2. The number of carbonyl (C=O) groups is 1. The van der Waals surface area contributed by atoms with Crippen LogP contribution in [-0.4, -0.2) is 71.8 Å². The second-order valence-electron chi connectivity index (χ2n) is 11.5. The molecule has 1 aliphatic heterocycles. The normalized spacial score (nSPS) is 24.6. The Kier molecular flexibility index (Phi) is 8.20. The molecular weight excluding hydrogens is 579 g/mol. The van der Waals surface area contributed by atoms with Gasteiger partial charge in [-0.05, 0) is 46.1 Å². The Morgan fingerprint density at radius 2 is 1.93 bits per heavy atom. The summed E-state index contributed by atoms with van der Waals surface area (Å²) < 4.78 is 38.9. The summed E-state index contributed by atoms with van der Waals surface area (Å²) in [5.41, 5.74) is 3.84. The van der Waals surface area contributed by atoms with Crippen LogP contribution in [0.15, 0.2) is 55.1 Å². The first-order valence-corrected chi connectivity index (χ1v) is 15.1. The minimum Gasteiger partial charge on any atom is -0.459 e. The zero-order valence-electron chi connectivity index (χ0n) is 24.4. The van der Waals surface area contributed by atoms with Gasteiger partial charge in [0.2, 0.25) is 0 Å². The Morgan fingerprint density at radius 3 is 2.67 bits per heavy atom. The third-order valence-electron chi connectivity index (χ3n) is 6.88. The highest BCUT2D eigenvalue weighted by Crippen LogP contribution is 2.48. The Hall–Kier alpha value is -3.65. The molecule has 0 bridgehead atoms. The van der Waals surface area contributed by atoms with Crippen LogP contribution in [0.1, 0.15) is 40.8 Å². The van der Waals surface area contributed by atoms with Crippen LogP contribution < -0.4 is 15.3 Å². The summed E-state index contributed by atoms with van der Waals surface area (Å²) in [6, 6.07) is 11.4. The second-order valence-corrected chi connectivity index (χ2v) is 13.2. The van der Waals surface area contributed by atoms with Crippen molar-refractivity contribution in [3.05, 3.63) is 55.1 Å². The Morgan fingerprint density at radius 1 is 1.21 bits per heavy atom. The van der Waals surface area contributed by atoms with E-state index in [-0.39, 0.29) is 17.2 Å². The van der Waals surface area contributed by atoms with Gasteiger partial charge in [0.25, 0.3) is 0 Å². The SMILES string of the molecule is C[C@H](NP(=O)(OC[C@H]1O[C@@H](n2cnc3c(N)ncnc32)C(C)(O)C1O)Oc1cccc2ccccc12)C(=O)OC(C)(C)C. The van der Waals surface area contributed by atoms with Crippen molar-refractivity contribution in [2.75, 3.05) is 12.3 Å². The van der Waals surface area contributed by atoms with E-state index in [2.05, 4.69) is 20.0 Å². The lowest BCUT2D eigenvalue weighted by atomic mass is 9.96. The van der Waals surface area contributed by atoms with Gasteiger partial charge in [0.1, 0.15) is 47.0 Å². The van der Waals surface area contributed by atoms with Crippen molar-refractivity contribution < 1.29 is 38.1 Å². The molecule has 2 aromatic heterocycles. The maximum absolute atomic E-state index is 14.2. The van der Waals surface area contributed by atoms with Crippen LogP contribution in [0.2, 0.25) is 0 Å². The monoisotopic (exact) mass is 614 g/mol. The summed E-state index contributed by atoms with van der Waals surface area (Å²) in [5, 5.41) is 26.5. The molecule has 2 aromatic carbocycles. The highest BCUT2D eigenvalue weighted by Gasteiger charge is 2.54. The van der Waals surface area contributed by atoms with Crippen molar-refractivity contribution in [2.45, 2.75) is 70.3 Å². The molecule has 0 spiro atoms. The molecule has 3 unspecified atom stereocenters. The zero-order chi connectivity index (χ0) is 31.2. The molecule has 4 aromatic rings. The maximum Gasteiger partial charge on any atom is 0.459 e. The number of carbonyl (C=O) groups excluding carboxylic acids is 1. The number of fused-ring (bicyclic) bond motifs is 2. The number of ether oxygens (including phenoxy) is 2. The van der Waals surface area contributed by atoms with Crippen LogP contribution in [0.5, 0.6) is 5.75 Å². The summed E-state index contributed by atoms with van der Waals surface area (Å²) in [6.45, 7) is 7.50. The summed E-state index contributed by atoms with van der Waals surface area (Å²) >= 11 is 0. The maximum atomic E-state index is 14.2. The topological polar surface area (TPSA) is 193 Å². The molecule has 0 amide bonds. The minimum atomic E-state index is -4.35. The molecule has 1 fully saturated rings. The van der Waals surface area contributed by atoms with E-state index in [4.69, 9.17) is 24.3 Å². The van der Waals surface area contributed by atoms with Gasteiger partial charge in [-0.25, -0.2) is 19.5 Å². The number of hydrogen-bond donors (Lipinski definition) is 4. The van der Waals surface area contributed by atoms with Crippen LogP contribution in [0.3, 0.4) is 0 Å². The fraction of sp³-hybridized carbons (Fsp3) is 0.429.